The third kappa shape index (κ3) is 4.41. The Balaban J connectivity index is 1.44. The maximum Gasteiger partial charge on any atom is 0.322 e. The molecule has 4 rings (SSSR count). The average Bonchev–Trinajstić information content (AvgIpc) is 3.44. The summed E-state index contributed by atoms with van der Waals surface area (Å²) in [5, 5.41) is 14.9. The fraction of sp³-hybridized carbons (Fsp3) is 0.238. The molecule has 2 heterocycles. The van der Waals surface area contributed by atoms with Gasteiger partial charge >= 0.3 is 6.03 Å². The molecular formula is C21H21N5O3S. The van der Waals surface area contributed by atoms with E-state index in [9.17, 15) is 9.59 Å². The van der Waals surface area contributed by atoms with Crippen molar-refractivity contribution in [1.29, 1.82) is 0 Å². The summed E-state index contributed by atoms with van der Waals surface area (Å²) in [6.07, 6.45) is 1.64. The highest BCUT2D eigenvalue weighted by Gasteiger charge is 2.33. The number of ether oxygens (including phenoxy) is 1. The summed E-state index contributed by atoms with van der Waals surface area (Å²) < 4.78 is 5.20. The van der Waals surface area contributed by atoms with Crippen LogP contribution in [0.15, 0.2) is 54.6 Å². The van der Waals surface area contributed by atoms with Crippen molar-refractivity contribution in [2.75, 3.05) is 24.3 Å². The molecule has 0 bridgehead atoms. The summed E-state index contributed by atoms with van der Waals surface area (Å²) in [4.78, 5) is 27.0. The lowest BCUT2D eigenvalue weighted by molar-refractivity contribution is 0.102. The van der Waals surface area contributed by atoms with Crippen LogP contribution in [0.4, 0.5) is 16.2 Å². The Labute approximate surface area is 177 Å². The highest BCUT2D eigenvalue weighted by Crippen LogP contribution is 2.34. The topological polar surface area (TPSA) is 96.4 Å². The largest absolute Gasteiger partial charge is 0.497 e. The fourth-order valence-electron chi connectivity index (χ4n) is 3.33. The second-order valence-electron chi connectivity index (χ2n) is 6.78. The molecule has 3 amide bonds. The second kappa shape index (κ2) is 8.91. The summed E-state index contributed by atoms with van der Waals surface area (Å²) in [6, 6.07) is 16.0. The SMILES string of the molecule is COc1cccc(NC(=O)N2CCCC2c2nnc(C(=O)Nc3ccccc3)s2)c1. The molecule has 0 aliphatic carbocycles. The molecule has 8 nitrogen and oxygen atoms in total. The maximum atomic E-state index is 12.8. The van der Waals surface area contributed by atoms with Crippen LogP contribution >= 0.6 is 11.3 Å². The smallest absolute Gasteiger partial charge is 0.322 e. The van der Waals surface area contributed by atoms with Gasteiger partial charge in [-0.05, 0) is 37.1 Å². The van der Waals surface area contributed by atoms with Gasteiger partial charge in [-0.15, -0.1) is 10.2 Å². The van der Waals surface area contributed by atoms with Gasteiger partial charge in [-0.1, -0.05) is 35.6 Å². The number of nitrogens with one attached hydrogen (secondary N) is 2. The van der Waals surface area contributed by atoms with Crippen LogP contribution in [0, 0.1) is 0 Å². The Kier molecular flexibility index (Phi) is 5.89. The molecule has 1 aliphatic rings. The van der Waals surface area contributed by atoms with Crippen molar-refractivity contribution in [1.82, 2.24) is 15.1 Å². The number of hydrogen-bond acceptors (Lipinski definition) is 6. The van der Waals surface area contributed by atoms with Crippen LogP contribution < -0.4 is 15.4 Å². The van der Waals surface area contributed by atoms with E-state index in [0.29, 0.717) is 28.7 Å². The Morgan fingerprint density at radius 1 is 1.07 bits per heavy atom. The van der Waals surface area contributed by atoms with Gasteiger partial charge in [-0.2, -0.15) is 0 Å². The molecule has 2 N–H and O–H groups in total. The van der Waals surface area contributed by atoms with E-state index in [0.717, 1.165) is 12.8 Å². The molecule has 1 unspecified atom stereocenters. The Morgan fingerprint density at radius 2 is 1.87 bits per heavy atom. The monoisotopic (exact) mass is 423 g/mol. The van der Waals surface area contributed by atoms with Gasteiger partial charge in [0.1, 0.15) is 10.8 Å². The number of hydrogen-bond donors (Lipinski definition) is 2. The Bertz CT molecular complexity index is 1040. The quantitative estimate of drug-likeness (QED) is 0.642. The van der Waals surface area contributed by atoms with Gasteiger partial charge in [0.25, 0.3) is 5.91 Å². The van der Waals surface area contributed by atoms with Crippen molar-refractivity contribution in [2.45, 2.75) is 18.9 Å². The summed E-state index contributed by atoms with van der Waals surface area (Å²) in [6.45, 7) is 0.617. The number of para-hydroxylation sites is 1. The molecule has 1 atom stereocenters. The zero-order valence-electron chi connectivity index (χ0n) is 16.4. The molecule has 1 fully saturated rings. The van der Waals surface area contributed by atoms with E-state index in [2.05, 4.69) is 20.8 Å². The van der Waals surface area contributed by atoms with Crippen molar-refractivity contribution < 1.29 is 14.3 Å². The minimum Gasteiger partial charge on any atom is -0.497 e. The number of aromatic nitrogens is 2. The average molecular weight is 423 g/mol. The molecule has 1 aliphatic heterocycles. The molecule has 0 radical (unpaired) electrons. The Morgan fingerprint density at radius 3 is 2.67 bits per heavy atom. The molecular weight excluding hydrogens is 402 g/mol. The molecule has 0 spiro atoms. The van der Waals surface area contributed by atoms with Crippen LogP contribution in [0.25, 0.3) is 0 Å². The summed E-state index contributed by atoms with van der Waals surface area (Å²) in [5.74, 6) is 0.360. The number of rotatable bonds is 5. The van der Waals surface area contributed by atoms with Crippen LogP contribution in [0.5, 0.6) is 5.75 Å². The van der Waals surface area contributed by atoms with Gasteiger partial charge in [-0.3, -0.25) is 4.79 Å². The number of urea groups is 1. The van der Waals surface area contributed by atoms with E-state index in [1.54, 1.807) is 18.1 Å². The number of carbonyl (C=O) groups excluding carboxylic acids is 2. The summed E-state index contributed by atoms with van der Waals surface area (Å²) in [5.41, 5.74) is 1.35. The molecule has 154 valence electrons. The molecule has 3 aromatic rings. The number of methoxy groups -OCH3 is 1. The number of amides is 3. The van der Waals surface area contributed by atoms with E-state index < -0.39 is 0 Å². The second-order valence-corrected chi connectivity index (χ2v) is 7.79. The third-order valence-electron chi connectivity index (χ3n) is 4.79. The molecule has 0 saturated carbocycles. The number of likely N-dealkylation sites (tertiary alicyclic amines) is 1. The predicted molar refractivity (Wildman–Crippen MR) is 115 cm³/mol. The van der Waals surface area contributed by atoms with Crippen LogP contribution in [-0.4, -0.2) is 40.7 Å². The maximum absolute atomic E-state index is 12.8. The minimum absolute atomic E-state index is 0.202. The highest BCUT2D eigenvalue weighted by molar-refractivity contribution is 7.13. The molecule has 1 saturated heterocycles. The lowest BCUT2D eigenvalue weighted by Crippen LogP contribution is -2.34. The highest BCUT2D eigenvalue weighted by atomic mass is 32.1. The van der Waals surface area contributed by atoms with Gasteiger partial charge in [0, 0.05) is 24.0 Å². The van der Waals surface area contributed by atoms with Gasteiger partial charge in [0.15, 0.2) is 0 Å². The number of carbonyl (C=O) groups is 2. The van der Waals surface area contributed by atoms with Crippen LogP contribution in [0.1, 0.15) is 33.7 Å². The number of benzene rings is 2. The van der Waals surface area contributed by atoms with Crippen molar-refractivity contribution in [2.24, 2.45) is 0 Å². The molecule has 9 heteroatoms. The first-order valence-electron chi connectivity index (χ1n) is 9.55. The minimum atomic E-state index is -0.310. The van der Waals surface area contributed by atoms with Crippen molar-refractivity contribution in [3.63, 3.8) is 0 Å². The van der Waals surface area contributed by atoms with Crippen LogP contribution in [0.2, 0.25) is 0 Å². The molecule has 1 aromatic heterocycles. The normalized spacial score (nSPS) is 15.6. The lowest BCUT2D eigenvalue weighted by Gasteiger charge is -2.23. The van der Waals surface area contributed by atoms with E-state index in [-0.39, 0.29) is 23.0 Å². The first kappa shape index (κ1) is 19.8. The van der Waals surface area contributed by atoms with Crippen molar-refractivity contribution in [3.05, 3.63) is 64.6 Å². The van der Waals surface area contributed by atoms with Gasteiger partial charge < -0.3 is 20.3 Å². The van der Waals surface area contributed by atoms with Gasteiger partial charge in [-0.25, -0.2) is 4.79 Å². The van der Waals surface area contributed by atoms with Gasteiger partial charge in [0.2, 0.25) is 5.01 Å². The Hall–Kier alpha value is -3.46. The van der Waals surface area contributed by atoms with E-state index in [1.165, 1.54) is 11.3 Å². The first-order valence-corrected chi connectivity index (χ1v) is 10.4. The molecule has 2 aromatic carbocycles. The fourth-order valence-corrected chi connectivity index (χ4v) is 4.22. The van der Waals surface area contributed by atoms with Crippen molar-refractivity contribution >= 4 is 34.6 Å². The first-order chi connectivity index (χ1) is 14.6. The predicted octanol–water partition coefficient (Wildman–Crippen LogP) is 4.17. The van der Waals surface area contributed by atoms with E-state index in [1.807, 2.05) is 48.5 Å². The van der Waals surface area contributed by atoms with E-state index in [4.69, 9.17) is 4.74 Å². The van der Waals surface area contributed by atoms with Crippen molar-refractivity contribution in [3.8, 4) is 5.75 Å². The van der Waals surface area contributed by atoms with Gasteiger partial charge in [0.05, 0.1) is 13.2 Å². The third-order valence-corrected chi connectivity index (χ3v) is 5.81. The number of anilines is 2. The molecule has 30 heavy (non-hydrogen) atoms. The lowest BCUT2D eigenvalue weighted by atomic mass is 10.2. The van der Waals surface area contributed by atoms with Crippen LogP contribution in [-0.2, 0) is 0 Å². The summed E-state index contributed by atoms with van der Waals surface area (Å²) >= 11 is 1.22. The van der Waals surface area contributed by atoms with Crippen LogP contribution in [0.3, 0.4) is 0 Å². The zero-order valence-corrected chi connectivity index (χ0v) is 17.2. The summed E-state index contributed by atoms with van der Waals surface area (Å²) in [7, 11) is 1.58. The zero-order chi connectivity index (χ0) is 20.9. The standard InChI is InChI=1S/C21H21N5O3S/c1-29-16-10-5-9-15(13-16)23-21(28)26-12-6-11-17(26)19-24-25-20(30-19)18(27)22-14-7-3-2-4-8-14/h2-5,7-10,13,17H,6,11-12H2,1H3,(H,22,27)(H,23,28). The van der Waals surface area contributed by atoms with E-state index >= 15 is 0 Å². The number of nitrogens with zero attached hydrogens (tertiary/aromatic N) is 3.